The first-order valence-electron chi connectivity index (χ1n) is 17.9. The summed E-state index contributed by atoms with van der Waals surface area (Å²) in [5.74, 6) is -5.00. The van der Waals surface area contributed by atoms with Crippen LogP contribution in [-0.4, -0.2) is 115 Å². The summed E-state index contributed by atoms with van der Waals surface area (Å²) in [5, 5.41) is 12.5. The van der Waals surface area contributed by atoms with Gasteiger partial charge >= 0.3 is 6.09 Å². The molecule has 9 amide bonds. The van der Waals surface area contributed by atoms with Crippen molar-refractivity contribution in [2.45, 2.75) is 51.2 Å². The molecular formula is C38H46N8O11. The quantitative estimate of drug-likeness (QED) is 0.0461. The van der Waals surface area contributed by atoms with E-state index >= 15 is 0 Å². The van der Waals surface area contributed by atoms with E-state index in [1.165, 1.54) is 19.2 Å². The summed E-state index contributed by atoms with van der Waals surface area (Å²) in [5.41, 5.74) is 6.65. The molecule has 1 heterocycles. The van der Waals surface area contributed by atoms with Crippen LogP contribution >= 0.6 is 0 Å². The Morgan fingerprint density at radius 1 is 0.737 bits per heavy atom. The number of Topliss-reactive ketones (excluding diaryl/α,β-unsaturated/α-hetero) is 1. The summed E-state index contributed by atoms with van der Waals surface area (Å²) >= 11 is 0. The molecule has 2 aromatic rings. The zero-order valence-electron chi connectivity index (χ0n) is 31.4. The van der Waals surface area contributed by atoms with Crippen LogP contribution in [0, 0.1) is 0 Å². The topological polar surface area (TPSA) is 273 Å². The van der Waals surface area contributed by atoms with Crippen molar-refractivity contribution in [2.24, 2.45) is 5.73 Å². The second-order valence-electron chi connectivity index (χ2n) is 12.9. The van der Waals surface area contributed by atoms with Crippen molar-refractivity contribution in [1.29, 1.82) is 0 Å². The molecule has 0 unspecified atom stereocenters. The standard InChI is InChI=1S/C38H46N8O11/c1-45(23-28(47)19-30(39)48)38(56)57-24-26-11-13-27(14-12-26)43-33(51)22-42-37(55)29(18-25-8-4-2-5-9-25)44-34(52)21-41-32(50)20-40-31(49)10-6-3-7-17-46-35(53)15-16-36(46)54/h2,4-5,8-9,11-16,29H,3,6-7,10,17-24H2,1H3,(H2,39,48)(H,40,49)(H,41,50)(H,42,55)(H,43,51)(H,44,52)/t29-/m0/s1. The number of unbranched alkanes of at least 4 members (excludes halogenated alkanes) is 2. The van der Waals surface area contributed by atoms with E-state index in [0.717, 1.165) is 15.4 Å². The van der Waals surface area contributed by atoms with Crippen LogP contribution in [0.5, 0.6) is 0 Å². The Morgan fingerprint density at radius 3 is 2.04 bits per heavy atom. The summed E-state index contributed by atoms with van der Waals surface area (Å²) in [6, 6.07) is 14.0. The highest BCUT2D eigenvalue weighted by atomic mass is 16.6. The highest BCUT2D eigenvalue weighted by Crippen LogP contribution is 2.12. The van der Waals surface area contributed by atoms with Gasteiger partial charge in [0, 0.05) is 44.3 Å². The number of anilines is 1. The van der Waals surface area contributed by atoms with Crippen molar-refractivity contribution in [3.8, 4) is 0 Å². The molecule has 0 spiro atoms. The number of nitrogens with two attached hydrogens (primary N) is 1. The van der Waals surface area contributed by atoms with Crippen LogP contribution in [0.4, 0.5) is 10.5 Å². The second-order valence-corrected chi connectivity index (χ2v) is 12.9. The summed E-state index contributed by atoms with van der Waals surface area (Å²) in [6.45, 7) is -1.53. The molecule has 3 rings (SSSR count). The average molecular weight is 791 g/mol. The third-order valence-corrected chi connectivity index (χ3v) is 8.13. The van der Waals surface area contributed by atoms with Gasteiger partial charge in [0.25, 0.3) is 11.8 Å². The van der Waals surface area contributed by atoms with Gasteiger partial charge < -0.3 is 42.0 Å². The molecule has 304 valence electrons. The largest absolute Gasteiger partial charge is 0.445 e. The van der Waals surface area contributed by atoms with Crippen molar-refractivity contribution >= 4 is 64.8 Å². The van der Waals surface area contributed by atoms with E-state index in [4.69, 9.17) is 10.5 Å². The van der Waals surface area contributed by atoms with Crippen molar-refractivity contribution in [2.75, 3.05) is 45.1 Å². The molecule has 0 bridgehead atoms. The Labute approximate surface area is 328 Å². The number of ketones is 1. The molecule has 0 radical (unpaired) electrons. The van der Waals surface area contributed by atoms with Crippen molar-refractivity contribution < 1.29 is 52.7 Å². The maximum atomic E-state index is 13.1. The summed E-state index contributed by atoms with van der Waals surface area (Å²) in [4.78, 5) is 123. The molecule has 1 aliphatic heterocycles. The Kier molecular flexibility index (Phi) is 18.0. The molecule has 0 saturated carbocycles. The van der Waals surface area contributed by atoms with Gasteiger partial charge in [-0.2, -0.15) is 0 Å². The minimum atomic E-state index is -1.11. The fraction of sp³-hybridized carbons (Fsp3) is 0.368. The number of carbonyl (C=O) groups is 10. The number of hydrogen-bond donors (Lipinski definition) is 6. The molecule has 1 atom stereocenters. The third-order valence-electron chi connectivity index (χ3n) is 8.13. The number of rotatable bonds is 23. The smallest absolute Gasteiger partial charge is 0.410 e. The van der Waals surface area contributed by atoms with Gasteiger partial charge in [0.15, 0.2) is 5.78 Å². The molecule has 2 aromatic carbocycles. The maximum absolute atomic E-state index is 13.1. The molecule has 1 aliphatic rings. The van der Waals surface area contributed by atoms with E-state index in [1.807, 2.05) is 0 Å². The van der Waals surface area contributed by atoms with E-state index in [1.54, 1.807) is 54.6 Å². The highest BCUT2D eigenvalue weighted by Gasteiger charge is 2.24. The molecule has 7 N–H and O–H groups in total. The van der Waals surface area contributed by atoms with Gasteiger partial charge in [-0.15, -0.1) is 0 Å². The lowest BCUT2D eigenvalue weighted by atomic mass is 10.1. The first-order valence-corrected chi connectivity index (χ1v) is 17.9. The molecule has 0 aromatic heterocycles. The number of amides is 9. The highest BCUT2D eigenvalue weighted by molar-refractivity contribution is 6.12. The lowest BCUT2D eigenvalue weighted by Crippen LogP contribution is -2.52. The van der Waals surface area contributed by atoms with Gasteiger partial charge in [-0.3, -0.25) is 48.1 Å². The number of nitrogens with one attached hydrogen (secondary N) is 5. The van der Waals surface area contributed by atoms with Crippen LogP contribution in [-0.2, 0) is 60.9 Å². The number of carbonyl (C=O) groups excluding carboxylic acids is 10. The number of ether oxygens (including phenoxy) is 1. The van der Waals surface area contributed by atoms with E-state index < -0.39 is 67.0 Å². The molecule has 0 aliphatic carbocycles. The fourth-order valence-corrected chi connectivity index (χ4v) is 5.21. The zero-order valence-corrected chi connectivity index (χ0v) is 31.4. The maximum Gasteiger partial charge on any atom is 0.410 e. The van der Waals surface area contributed by atoms with Crippen LogP contribution in [0.1, 0.15) is 43.2 Å². The zero-order chi connectivity index (χ0) is 41.7. The predicted molar refractivity (Wildman–Crippen MR) is 202 cm³/mol. The summed E-state index contributed by atoms with van der Waals surface area (Å²) in [7, 11) is 1.34. The van der Waals surface area contributed by atoms with Gasteiger partial charge in [-0.25, -0.2) is 4.79 Å². The van der Waals surface area contributed by atoms with E-state index in [0.29, 0.717) is 30.5 Å². The third kappa shape index (κ3) is 17.0. The number of hydrogen-bond acceptors (Lipinski definition) is 11. The number of primary amides is 1. The normalized spacial score (nSPS) is 12.3. The summed E-state index contributed by atoms with van der Waals surface area (Å²) < 4.78 is 5.16. The van der Waals surface area contributed by atoms with Crippen molar-refractivity contribution in [3.63, 3.8) is 0 Å². The SMILES string of the molecule is CN(CC(=O)CC(N)=O)C(=O)OCc1ccc(NC(=O)CNC(=O)[C@H](Cc2ccccc2)NC(=O)CNC(=O)CNC(=O)CCCCCN2C(=O)C=CC2=O)cc1. The van der Waals surface area contributed by atoms with Crippen molar-refractivity contribution in [3.05, 3.63) is 77.9 Å². The monoisotopic (exact) mass is 790 g/mol. The van der Waals surface area contributed by atoms with E-state index in [9.17, 15) is 47.9 Å². The van der Waals surface area contributed by atoms with Gasteiger partial charge in [0.05, 0.1) is 32.6 Å². The Bertz CT molecular complexity index is 1820. The van der Waals surface area contributed by atoms with Gasteiger partial charge in [-0.05, 0) is 36.1 Å². The van der Waals surface area contributed by atoms with E-state index in [-0.39, 0.29) is 56.8 Å². The number of nitrogens with zero attached hydrogens (tertiary/aromatic N) is 2. The Balaban J connectivity index is 1.38. The second kappa shape index (κ2) is 23.1. The molecule has 19 nitrogen and oxygen atoms in total. The first-order chi connectivity index (χ1) is 27.2. The lowest BCUT2D eigenvalue weighted by Gasteiger charge is -2.19. The minimum absolute atomic E-state index is 0.0804. The molecule has 57 heavy (non-hydrogen) atoms. The first kappa shape index (κ1) is 44.5. The van der Waals surface area contributed by atoms with Crippen molar-refractivity contribution in [1.82, 2.24) is 31.1 Å². The van der Waals surface area contributed by atoms with Gasteiger partial charge in [-0.1, -0.05) is 48.9 Å². The minimum Gasteiger partial charge on any atom is -0.445 e. The number of benzene rings is 2. The molecular weight excluding hydrogens is 744 g/mol. The molecule has 19 heteroatoms. The predicted octanol–water partition coefficient (Wildman–Crippen LogP) is -0.800. The Morgan fingerprint density at radius 2 is 1.37 bits per heavy atom. The number of imide groups is 1. The average Bonchev–Trinajstić information content (AvgIpc) is 3.50. The number of likely N-dealkylation sites (N-methyl/N-ethyl adjacent to an activating group) is 1. The van der Waals surface area contributed by atoms with Crippen LogP contribution in [0.25, 0.3) is 0 Å². The van der Waals surface area contributed by atoms with Gasteiger partial charge in [0.1, 0.15) is 12.6 Å². The lowest BCUT2D eigenvalue weighted by molar-refractivity contribution is -0.137. The Hall–Kier alpha value is -6.92. The van der Waals surface area contributed by atoms with Crippen LogP contribution in [0.3, 0.4) is 0 Å². The fourth-order valence-electron chi connectivity index (χ4n) is 5.21. The van der Waals surface area contributed by atoms with Crippen LogP contribution in [0.15, 0.2) is 66.7 Å². The van der Waals surface area contributed by atoms with Crippen LogP contribution < -0.4 is 32.3 Å². The van der Waals surface area contributed by atoms with E-state index in [2.05, 4.69) is 26.6 Å². The summed E-state index contributed by atoms with van der Waals surface area (Å²) in [6.07, 6.45) is 2.94. The molecule has 0 fully saturated rings. The van der Waals surface area contributed by atoms with Crippen LogP contribution in [0.2, 0.25) is 0 Å². The van der Waals surface area contributed by atoms with Gasteiger partial charge in [0.2, 0.25) is 35.4 Å². The molecule has 0 saturated heterocycles.